The van der Waals surface area contributed by atoms with E-state index >= 15 is 0 Å². The molecule has 8 heteroatoms. The van der Waals surface area contributed by atoms with Crippen molar-refractivity contribution in [3.8, 4) is 6.07 Å². The van der Waals surface area contributed by atoms with Crippen molar-refractivity contribution in [1.29, 1.82) is 5.26 Å². The summed E-state index contributed by atoms with van der Waals surface area (Å²) >= 11 is 5.15. The second-order valence-corrected chi connectivity index (χ2v) is 4.29. The van der Waals surface area contributed by atoms with Crippen molar-refractivity contribution in [2.24, 2.45) is 5.73 Å². The molecule has 0 aliphatic carbocycles. The number of nitriles is 1. The predicted molar refractivity (Wildman–Crippen MR) is 71.9 cm³/mol. The van der Waals surface area contributed by atoms with Gasteiger partial charge in [0.1, 0.15) is 11.6 Å². The number of carbonyl (C=O) groups excluding carboxylic acids is 2. The molecule has 1 aliphatic rings. The Morgan fingerprint density at radius 1 is 1.50 bits per heavy atom. The van der Waals surface area contributed by atoms with E-state index in [2.05, 4.69) is 0 Å². The lowest BCUT2D eigenvalue weighted by molar-refractivity contribution is -0.114. The van der Waals surface area contributed by atoms with Crippen molar-refractivity contribution < 1.29 is 14.0 Å². The van der Waals surface area contributed by atoms with Crippen LogP contribution >= 0.6 is 12.2 Å². The fourth-order valence-corrected chi connectivity index (χ4v) is 2.02. The van der Waals surface area contributed by atoms with Crippen molar-refractivity contribution in [2.75, 3.05) is 13.1 Å². The first-order chi connectivity index (χ1) is 9.54. The summed E-state index contributed by atoms with van der Waals surface area (Å²) in [5.41, 5.74) is 4.82. The average molecular weight is 290 g/mol. The molecule has 0 spiro atoms. The van der Waals surface area contributed by atoms with Crippen LogP contribution in [0.3, 0.4) is 0 Å². The maximum atomic E-state index is 12.1. The Balaban J connectivity index is 2.16. The lowest BCUT2D eigenvalue weighted by Crippen LogP contribution is -2.34. The van der Waals surface area contributed by atoms with Gasteiger partial charge < -0.3 is 15.1 Å². The number of thiocarbonyl (C=S) groups is 1. The molecule has 1 fully saturated rings. The number of hydrogen-bond donors (Lipinski definition) is 1. The minimum absolute atomic E-state index is 0.175. The first kappa shape index (κ1) is 13.8. The molecule has 2 amide bonds. The predicted octanol–water partition coefficient (Wildman–Crippen LogP) is 0.215. The van der Waals surface area contributed by atoms with E-state index in [1.54, 1.807) is 12.1 Å². The summed E-state index contributed by atoms with van der Waals surface area (Å²) in [5, 5.41) is 8.98. The van der Waals surface area contributed by atoms with Gasteiger partial charge in [-0.05, 0) is 24.4 Å². The highest BCUT2D eigenvalue weighted by molar-refractivity contribution is 7.80. The molecule has 0 radical (unpaired) electrons. The Morgan fingerprint density at radius 2 is 2.25 bits per heavy atom. The standard InChI is InChI=1S/C12H10N4O3S/c13-6-8(10(14)17)7-15-3-4-16(12(15)20)11(18)9-2-1-5-19-9/h1-2,5,7H,3-4H2,(H2,14,17)/b8-7+. The zero-order valence-corrected chi connectivity index (χ0v) is 11.1. The van der Waals surface area contributed by atoms with Crippen LogP contribution < -0.4 is 5.73 Å². The highest BCUT2D eigenvalue weighted by Gasteiger charge is 2.31. The first-order valence-corrected chi connectivity index (χ1v) is 6.03. The molecular formula is C12H10N4O3S. The molecule has 2 rings (SSSR count). The van der Waals surface area contributed by atoms with E-state index in [1.807, 2.05) is 0 Å². The van der Waals surface area contributed by atoms with Crippen molar-refractivity contribution >= 4 is 29.1 Å². The van der Waals surface area contributed by atoms with E-state index in [0.29, 0.717) is 13.1 Å². The molecule has 7 nitrogen and oxygen atoms in total. The third-order valence-electron chi connectivity index (χ3n) is 2.69. The maximum Gasteiger partial charge on any atom is 0.295 e. The fourth-order valence-electron chi connectivity index (χ4n) is 1.70. The minimum Gasteiger partial charge on any atom is -0.459 e. The van der Waals surface area contributed by atoms with Crippen molar-refractivity contribution in [1.82, 2.24) is 9.80 Å². The summed E-state index contributed by atoms with van der Waals surface area (Å²) in [5.74, 6) is -1.03. The molecule has 1 aromatic heterocycles. The third kappa shape index (κ3) is 2.53. The molecule has 1 aromatic rings. The third-order valence-corrected chi connectivity index (χ3v) is 3.14. The van der Waals surface area contributed by atoms with E-state index in [1.165, 1.54) is 28.3 Å². The molecule has 0 aromatic carbocycles. The van der Waals surface area contributed by atoms with Crippen LogP contribution in [0.15, 0.2) is 34.6 Å². The summed E-state index contributed by atoms with van der Waals surface area (Å²) in [6.45, 7) is 0.718. The number of rotatable bonds is 3. The van der Waals surface area contributed by atoms with Gasteiger partial charge in [-0.3, -0.25) is 14.5 Å². The van der Waals surface area contributed by atoms with Gasteiger partial charge in [-0.25, -0.2) is 0 Å². The molecular weight excluding hydrogens is 280 g/mol. The smallest absolute Gasteiger partial charge is 0.295 e. The molecule has 0 saturated carbocycles. The number of amides is 2. The molecule has 0 bridgehead atoms. The van der Waals surface area contributed by atoms with E-state index in [9.17, 15) is 9.59 Å². The van der Waals surface area contributed by atoms with Crippen LogP contribution in [-0.2, 0) is 4.79 Å². The van der Waals surface area contributed by atoms with Crippen LogP contribution in [0.5, 0.6) is 0 Å². The van der Waals surface area contributed by atoms with Gasteiger partial charge in [-0.1, -0.05) is 0 Å². The molecule has 20 heavy (non-hydrogen) atoms. The van der Waals surface area contributed by atoms with Gasteiger partial charge in [-0.15, -0.1) is 0 Å². The second-order valence-electron chi connectivity index (χ2n) is 3.93. The number of primary amides is 1. The van der Waals surface area contributed by atoms with Crippen LogP contribution in [0.2, 0.25) is 0 Å². The van der Waals surface area contributed by atoms with E-state index < -0.39 is 5.91 Å². The lowest BCUT2D eigenvalue weighted by Gasteiger charge is -2.16. The van der Waals surface area contributed by atoms with Crippen LogP contribution in [-0.4, -0.2) is 39.8 Å². The average Bonchev–Trinajstić information content (AvgIpc) is 3.05. The quantitative estimate of drug-likeness (QED) is 0.485. The van der Waals surface area contributed by atoms with Crippen LogP contribution in [0.1, 0.15) is 10.6 Å². The molecule has 2 heterocycles. The first-order valence-electron chi connectivity index (χ1n) is 5.62. The number of nitrogens with two attached hydrogens (primary N) is 1. The van der Waals surface area contributed by atoms with Gasteiger partial charge >= 0.3 is 0 Å². The highest BCUT2D eigenvalue weighted by atomic mass is 32.1. The summed E-state index contributed by atoms with van der Waals surface area (Å²) in [7, 11) is 0. The normalized spacial score (nSPS) is 15.3. The SMILES string of the molecule is N#C/C(=C\N1CCN(C(=O)c2ccco2)C1=S)C(N)=O. The van der Waals surface area contributed by atoms with E-state index in [0.717, 1.165) is 0 Å². The Morgan fingerprint density at radius 3 is 2.80 bits per heavy atom. The lowest BCUT2D eigenvalue weighted by atomic mass is 10.3. The Bertz CT molecular complexity index is 630. The molecule has 102 valence electrons. The van der Waals surface area contributed by atoms with Crippen molar-refractivity contribution in [3.63, 3.8) is 0 Å². The topological polar surface area (TPSA) is 104 Å². The zero-order valence-electron chi connectivity index (χ0n) is 10.3. The Labute approximate surface area is 119 Å². The summed E-state index contributed by atoms with van der Waals surface area (Å²) in [4.78, 5) is 25.9. The van der Waals surface area contributed by atoms with Crippen LogP contribution in [0.25, 0.3) is 0 Å². The Kier molecular flexibility index (Phi) is 3.81. The zero-order chi connectivity index (χ0) is 14.7. The highest BCUT2D eigenvalue weighted by Crippen LogP contribution is 2.15. The number of carbonyl (C=O) groups is 2. The summed E-state index contributed by atoms with van der Waals surface area (Å²) in [6, 6.07) is 4.82. The molecule has 0 unspecified atom stereocenters. The van der Waals surface area contributed by atoms with Gasteiger partial charge in [0.05, 0.1) is 6.26 Å². The van der Waals surface area contributed by atoms with E-state index in [-0.39, 0.29) is 22.4 Å². The largest absolute Gasteiger partial charge is 0.459 e. The van der Waals surface area contributed by atoms with Gasteiger partial charge in [0.25, 0.3) is 11.8 Å². The van der Waals surface area contributed by atoms with Crippen molar-refractivity contribution in [3.05, 3.63) is 35.9 Å². The summed E-state index contributed by atoms with van der Waals surface area (Å²) < 4.78 is 5.02. The second kappa shape index (κ2) is 5.54. The van der Waals surface area contributed by atoms with Gasteiger partial charge in [0.2, 0.25) is 0 Å². The monoisotopic (exact) mass is 290 g/mol. The van der Waals surface area contributed by atoms with Crippen LogP contribution in [0, 0.1) is 11.3 Å². The Hall–Kier alpha value is -2.66. The van der Waals surface area contributed by atoms with Crippen LogP contribution in [0.4, 0.5) is 0 Å². The molecule has 2 N–H and O–H groups in total. The fraction of sp³-hybridized carbons (Fsp3) is 0.167. The van der Waals surface area contributed by atoms with E-state index in [4.69, 9.17) is 27.6 Å². The number of furan rings is 1. The summed E-state index contributed by atoms with van der Waals surface area (Å²) in [6.07, 6.45) is 2.64. The van der Waals surface area contributed by atoms with Gasteiger partial charge in [0, 0.05) is 19.3 Å². The number of nitrogens with zero attached hydrogens (tertiary/aromatic N) is 3. The van der Waals surface area contributed by atoms with Gasteiger partial charge in [-0.2, -0.15) is 5.26 Å². The van der Waals surface area contributed by atoms with Crippen molar-refractivity contribution in [2.45, 2.75) is 0 Å². The molecule has 1 saturated heterocycles. The minimum atomic E-state index is -0.842. The maximum absolute atomic E-state index is 12.1. The molecule has 1 aliphatic heterocycles. The number of hydrogen-bond acceptors (Lipinski definition) is 5. The van der Waals surface area contributed by atoms with Gasteiger partial charge in [0.15, 0.2) is 10.9 Å². The molecule has 0 atom stereocenters.